The van der Waals surface area contributed by atoms with Crippen molar-refractivity contribution in [3.8, 4) is 0 Å². The second kappa shape index (κ2) is 7.76. The number of hydrogen-bond donors (Lipinski definition) is 1. The summed E-state index contributed by atoms with van der Waals surface area (Å²) in [6, 6.07) is 0.769. The quantitative estimate of drug-likeness (QED) is 0.551. The Bertz CT molecular complexity index is 896. The van der Waals surface area contributed by atoms with Crippen molar-refractivity contribution in [1.29, 1.82) is 0 Å². The normalized spacial score (nSPS) is 20.5. The van der Waals surface area contributed by atoms with Crippen LogP contribution in [0.2, 0.25) is 0 Å². The van der Waals surface area contributed by atoms with Crippen LogP contribution in [-0.2, 0) is 17.4 Å². The molecule has 0 aromatic carbocycles. The largest absolute Gasteiger partial charge is 0.611 e. The maximum absolute atomic E-state index is 13.0. The molecule has 2 aliphatic rings. The van der Waals surface area contributed by atoms with Gasteiger partial charge in [0.15, 0.2) is 16.4 Å². The lowest BCUT2D eigenvalue weighted by molar-refractivity contribution is -0.138. The molecule has 13 heteroatoms. The summed E-state index contributed by atoms with van der Waals surface area (Å²) in [4.78, 5) is 9.36. The number of alkyl halides is 6. The number of nitrogens with one attached hydrogen (secondary N) is 1. The number of amidine groups is 1. The SMILES string of the molecule is CC[S+]([O-])c1cc(C(F)(F)F)cnc1C1=NC2=CC(SC(F)(F)F)=CNC2N1C. The number of thioether (sulfide) groups is 1. The molecule has 158 valence electrons. The van der Waals surface area contributed by atoms with Gasteiger partial charge in [-0.25, -0.2) is 9.98 Å². The van der Waals surface area contributed by atoms with Crippen LogP contribution in [0.3, 0.4) is 0 Å². The second-order valence-electron chi connectivity index (χ2n) is 5.98. The first-order valence-corrected chi connectivity index (χ1v) is 10.3. The maximum atomic E-state index is 13.0. The van der Waals surface area contributed by atoms with Crippen molar-refractivity contribution in [1.82, 2.24) is 15.2 Å². The van der Waals surface area contributed by atoms with E-state index in [0.717, 1.165) is 6.07 Å². The fraction of sp³-hybridized carbons (Fsp3) is 0.375. The molecular formula is C16H14F6N4OS2. The van der Waals surface area contributed by atoms with Gasteiger partial charge in [-0.2, -0.15) is 26.3 Å². The van der Waals surface area contributed by atoms with Crippen LogP contribution in [0.15, 0.2) is 45.0 Å². The van der Waals surface area contributed by atoms with Crippen molar-refractivity contribution in [3.05, 3.63) is 46.4 Å². The average Bonchev–Trinajstić information content (AvgIpc) is 2.94. The number of hydrogen-bond acceptors (Lipinski definition) is 6. The van der Waals surface area contributed by atoms with Crippen molar-refractivity contribution in [2.24, 2.45) is 4.99 Å². The number of dihydropyridines is 1. The molecule has 0 spiro atoms. The summed E-state index contributed by atoms with van der Waals surface area (Å²) in [5, 5.41) is 2.78. The molecule has 1 aromatic heterocycles. The second-order valence-corrected chi connectivity index (χ2v) is 8.83. The van der Waals surface area contributed by atoms with E-state index in [4.69, 9.17) is 0 Å². The van der Waals surface area contributed by atoms with Gasteiger partial charge in [0.2, 0.25) is 0 Å². The molecule has 2 unspecified atom stereocenters. The molecule has 1 N–H and O–H groups in total. The van der Waals surface area contributed by atoms with Crippen LogP contribution in [-0.4, -0.2) is 44.7 Å². The molecule has 0 bridgehead atoms. The Morgan fingerprint density at radius 1 is 1.28 bits per heavy atom. The van der Waals surface area contributed by atoms with Crippen molar-refractivity contribution >= 4 is 28.8 Å². The van der Waals surface area contributed by atoms with Crippen LogP contribution in [0.4, 0.5) is 26.3 Å². The summed E-state index contributed by atoms with van der Waals surface area (Å²) in [5.41, 5.74) is -5.29. The van der Waals surface area contributed by atoms with Crippen LogP contribution in [0, 0.1) is 0 Å². The molecule has 0 aliphatic carbocycles. The number of nitrogens with zero attached hydrogens (tertiary/aromatic N) is 3. The molecule has 2 atom stereocenters. The molecule has 0 amide bonds. The Morgan fingerprint density at radius 2 is 1.97 bits per heavy atom. The molecule has 2 aliphatic heterocycles. The van der Waals surface area contributed by atoms with Crippen molar-refractivity contribution in [3.63, 3.8) is 0 Å². The monoisotopic (exact) mass is 456 g/mol. The van der Waals surface area contributed by atoms with Crippen LogP contribution in [0.25, 0.3) is 0 Å². The van der Waals surface area contributed by atoms with Gasteiger partial charge in [0.25, 0.3) is 0 Å². The Hall–Kier alpha value is -1.86. The Labute approximate surface area is 169 Å². The van der Waals surface area contributed by atoms with Crippen molar-refractivity contribution < 1.29 is 30.9 Å². The van der Waals surface area contributed by atoms with Gasteiger partial charge in [-0.05, 0) is 35.9 Å². The van der Waals surface area contributed by atoms with E-state index < -0.39 is 34.6 Å². The highest BCUT2D eigenvalue weighted by molar-refractivity contribution is 8.04. The molecular weight excluding hydrogens is 442 g/mol. The van der Waals surface area contributed by atoms with Gasteiger partial charge in [-0.15, -0.1) is 0 Å². The Balaban J connectivity index is 2.01. The number of halogens is 6. The van der Waals surface area contributed by atoms with E-state index in [1.165, 1.54) is 17.2 Å². The van der Waals surface area contributed by atoms with Crippen LogP contribution in [0.5, 0.6) is 0 Å². The highest BCUT2D eigenvalue weighted by Gasteiger charge is 2.39. The first-order valence-electron chi connectivity index (χ1n) is 8.11. The summed E-state index contributed by atoms with van der Waals surface area (Å²) in [6.45, 7) is 1.55. The van der Waals surface area contributed by atoms with E-state index in [2.05, 4.69) is 15.3 Å². The Kier molecular flexibility index (Phi) is 5.84. The van der Waals surface area contributed by atoms with Gasteiger partial charge in [0, 0.05) is 30.4 Å². The van der Waals surface area contributed by atoms with E-state index >= 15 is 0 Å². The molecule has 0 fully saturated rings. The summed E-state index contributed by atoms with van der Waals surface area (Å²) < 4.78 is 89.3. The minimum absolute atomic E-state index is 0.0113. The third kappa shape index (κ3) is 4.67. The third-order valence-corrected chi connectivity index (χ3v) is 6.07. The smallest absolute Gasteiger partial charge is 0.446 e. The summed E-state index contributed by atoms with van der Waals surface area (Å²) in [7, 11) is 1.56. The molecule has 0 saturated carbocycles. The van der Waals surface area contributed by atoms with Crippen molar-refractivity contribution in [2.75, 3.05) is 12.8 Å². The maximum Gasteiger partial charge on any atom is 0.446 e. The molecule has 5 nitrogen and oxygen atoms in total. The van der Waals surface area contributed by atoms with Crippen LogP contribution in [0.1, 0.15) is 18.2 Å². The summed E-state index contributed by atoms with van der Waals surface area (Å²) in [6.07, 6.45) is -2.23. The first-order chi connectivity index (χ1) is 13.4. The number of aliphatic imine (C=N–C) groups is 1. The van der Waals surface area contributed by atoms with Gasteiger partial charge in [-0.1, -0.05) is 0 Å². The fourth-order valence-corrected chi connectivity index (χ4v) is 4.25. The fourth-order valence-electron chi connectivity index (χ4n) is 2.75. The lowest BCUT2D eigenvalue weighted by Gasteiger charge is -2.27. The highest BCUT2D eigenvalue weighted by atomic mass is 32.2. The third-order valence-electron chi connectivity index (χ3n) is 4.04. The topological polar surface area (TPSA) is 63.6 Å². The van der Waals surface area contributed by atoms with Crippen molar-refractivity contribution in [2.45, 2.75) is 29.7 Å². The first kappa shape index (κ1) is 21.8. The molecule has 29 heavy (non-hydrogen) atoms. The minimum Gasteiger partial charge on any atom is -0.611 e. The molecule has 0 saturated heterocycles. The van der Waals surface area contributed by atoms with Gasteiger partial charge in [0.1, 0.15) is 11.9 Å². The number of allylic oxidation sites excluding steroid dienone is 1. The number of likely N-dealkylation sites (N-methyl/N-ethyl adjacent to an activating group) is 1. The van der Waals surface area contributed by atoms with Gasteiger partial charge in [0.05, 0.1) is 11.3 Å². The van der Waals surface area contributed by atoms with E-state index in [9.17, 15) is 30.9 Å². The molecule has 0 radical (unpaired) electrons. The average molecular weight is 456 g/mol. The number of fused-ring (bicyclic) bond motifs is 1. The number of rotatable bonds is 4. The Morgan fingerprint density at radius 3 is 2.55 bits per heavy atom. The predicted molar refractivity (Wildman–Crippen MR) is 97.2 cm³/mol. The van der Waals surface area contributed by atoms with E-state index in [0.29, 0.717) is 6.20 Å². The standard InChI is InChI=1S/C16H14F6N4OS2/c1-3-29(27)11-4-8(15(17,18)19)6-23-12(11)14-25-10-5-9(28-16(20,21)22)7-24-13(10)26(14)2/h4-7,13,24H,3H2,1-2H3. The zero-order chi connectivity index (χ0) is 21.6. The highest BCUT2D eigenvalue weighted by Crippen LogP contribution is 2.40. The predicted octanol–water partition coefficient (Wildman–Crippen LogP) is 3.83. The zero-order valence-electron chi connectivity index (χ0n) is 14.9. The lowest BCUT2D eigenvalue weighted by atomic mass is 10.2. The zero-order valence-corrected chi connectivity index (χ0v) is 16.6. The minimum atomic E-state index is -4.66. The molecule has 3 rings (SSSR count). The van der Waals surface area contributed by atoms with E-state index in [1.807, 2.05) is 0 Å². The van der Waals surface area contributed by atoms with Crippen LogP contribution >= 0.6 is 11.8 Å². The molecule has 3 heterocycles. The summed E-state index contributed by atoms with van der Waals surface area (Å²) >= 11 is -2.08. The van der Waals surface area contributed by atoms with Gasteiger partial charge in [-0.3, -0.25) is 0 Å². The van der Waals surface area contributed by atoms with E-state index in [-0.39, 0.29) is 44.5 Å². The van der Waals surface area contributed by atoms with Gasteiger partial charge >= 0.3 is 11.7 Å². The molecule has 1 aromatic rings. The van der Waals surface area contributed by atoms with E-state index in [1.54, 1.807) is 14.0 Å². The van der Waals surface area contributed by atoms with Gasteiger partial charge < -0.3 is 14.8 Å². The summed E-state index contributed by atoms with van der Waals surface area (Å²) in [5.74, 6) is 0.177. The number of pyridine rings is 1. The lowest BCUT2D eigenvalue weighted by Crippen LogP contribution is -2.42. The van der Waals surface area contributed by atoms with Crippen LogP contribution < -0.4 is 5.32 Å². The number of aromatic nitrogens is 1.